The predicted octanol–water partition coefficient (Wildman–Crippen LogP) is 2.60. The van der Waals surface area contributed by atoms with Crippen LogP contribution in [0.15, 0.2) is 18.2 Å². The first-order valence-corrected chi connectivity index (χ1v) is 10.3. The van der Waals surface area contributed by atoms with Gasteiger partial charge in [0.05, 0.1) is 11.3 Å². The fraction of sp³-hybridized carbons (Fsp3) is 0.500. The quantitative estimate of drug-likeness (QED) is 0.482. The van der Waals surface area contributed by atoms with Crippen LogP contribution in [0.4, 0.5) is 36.7 Å². The number of amides is 1. The van der Waals surface area contributed by atoms with Crippen LogP contribution in [0.5, 0.6) is 0 Å². The molecule has 0 aliphatic carbocycles. The highest BCUT2D eigenvalue weighted by Crippen LogP contribution is 2.36. The van der Waals surface area contributed by atoms with E-state index in [1.165, 1.54) is 0 Å². The second-order valence-electron chi connectivity index (χ2n) is 8.14. The van der Waals surface area contributed by atoms with Crippen LogP contribution in [0.25, 0.3) is 0 Å². The summed E-state index contributed by atoms with van der Waals surface area (Å²) in [6.45, 7) is 6.28. The normalized spacial score (nSPS) is 16.3. The maximum absolute atomic E-state index is 13.5. The molecule has 1 aromatic heterocycles. The van der Waals surface area contributed by atoms with Crippen molar-refractivity contribution in [1.82, 2.24) is 20.3 Å². The first-order valence-electron chi connectivity index (χ1n) is 10.3. The fourth-order valence-electron chi connectivity index (χ4n) is 3.41. The molecule has 1 aliphatic rings. The summed E-state index contributed by atoms with van der Waals surface area (Å²) in [4.78, 5) is 26.3. The Morgan fingerprint density at radius 3 is 2.59 bits per heavy atom. The summed E-state index contributed by atoms with van der Waals surface area (Å²) in [5.74, 6) is -0.0459. The van der Waals surface area contributed by atoms with E-state index in [0.29, 0.717) is 18.4 Å². The molecule has 1 amide bonds. The van der Waals surface area contributed by atoms with Gasteiger partial charge in [-0.25, -0.2) is 0 Å². The number of hydrogen-bond acceptors (Lipinski definition) is 8. The van der Waals surface area contributed by atoms with Crippen LogP contribution in [-0.2, 0) is 6.18 Å². The maximum atomic E-state index is 13.5. The molecule has 2 heterocycles. The van der Waals surface area contributed by atoms with Gasteiger partial charge in [0.15, 0.2) is 0 Å². The van der Waals surface area contributed by atoms with E-state index in [0.717, 1.165) is 37.7 Å². The van der Waals surface area contributed by atoms with Crippen molar-refractivity contribution in [3.8, 4) is 0 Å². The van der Waals surface area contributed by atoms with Crippen LogP contribution >= 0.6 is 0 Å². The van der Waals surface area contributed by atoms with Gasteiger partial charge in [-0.05, 0) is 37.1 Å². The number of benzene rings is 1. The summed E-state index contributed by atoms with van der Waals surface area (Å²) in [7, 11) is 1.80. The van der Waals surface area contributed by atoms with Crippen LogP contribution in [0.1, 0.15) is 36.2 Å². The molecule has 1 aromatic carbocycles. The van der Waals surface area contributed by atoms with Gasteiger partial charge in [-0.15, -0.1) is 0 Å². The molecule has 0 spiro atoms. The monoisotopic (exact) mass is 452 g/mol. The Balaban J connectivity index is 2.00. The van der Waals surface area contributed by atoms with Gasteiger partial charge in [0, 0.05) is 31.7 Å². The molecule has 0 bridgehead atoms. The molecule has 5 N–H and O–H groups in total. The molecule has 9 nitrogen and oxygen atoms in total. The first kappa shape index (κ1) is 23.5. The third kappa shape index (κ3) is 5.96. The third-order valence-electron chi connectivity index (χ3n) is 4.85. The minimum Gasteiger partial charge on any atom is -0.366 e. The molecule has 0 unspecified atom stereocenters. The van der Waals surface area contributed by atoms with E-state index in [4.69, 9.17) is 5.73 Å². The van der Waals surface area contributed by atoms with Crippen LogP contribution in [0.3, 0.4) is 0 Å². The van der Waals surface area contributed by atoms with E-state index in [2.05, 4.69) is 30.9 Å². The maximum Gasteiger partial charge on any atom is 0.418 e. The molecule has 1 aliphatic heterocycles. The van der Waals surface area contributed by atoms with E-state index >= 15 is 0 Å². The lowest BCUT2D eigenvalue weighted by Crippen LogP contribution is -2.27. The van der Waals surface area contributed by atoms with E-state index < -0.39 is 17.6 Å². The number of carbonyl (C=O) groups is 1. The summed E-state index contributed by atoms with van der Waals surface area (Å²) in [6, 6.07) is 2.97. The standard InChI is InChI=1S/C20H27F3N8O/c1-11(2)10-31(3)19-29-17(26-13-6-7-25-9-13)28-18(30-19)27-15-8-12(16(24)32)4-5-14(15)20(21,22)23/h4-5,8,11,13,25H,6-7,9-10H2,1-3H3,(H2,24,32)(H2,26,27,28,29,30)/t13-/m0/s1. The van der Waals surface area contributed by atoms with E-state index in [9.17, 15) is 18.0 Å². The van der Waals surface area contributed by atoms with Crippen LogP contribution in [0, 0.1) is 5.92 Å². The molecule has 12 heteroatoms. The van der Waals surface area contributed by atoms with Crippen molar-refractivity contribution < 1.29 is 18.0 Å². The molecule has 2 aromatic rings. The average Bonchev–Trinajstić information content (AvgIpc) is 3.19. The van der Waals surface area contributed by atoms with Gasteiger partial charge in [0.2, 0.25) is 23.8 Å². The van der Waals surface area contributed by atoms with Gasteiger partial charge in [0.1, 0.15) is 0 Å². The third-order valence-corrected chi connectivity index (χ3v) is 4.85. The van der Waals surface area contributed by atoms with Crippen LogP contribution < -0.4 is 26.6 Å². The van der Waals surface area contributed by atoms with Crippen molar-refractivity contribution >= 4 is 29.4 Å². The zero-order chi connectivity index (χ0) is 23.5. The van der Waals surface area contributed by atoms with Gasteiger partial charge in [0.25, 0.3) is 0 Å². The SMILES string of the molecule is CC(C)CN(C)c1nc(Nc2cc(C(N)=O)ccc2C(F)(F)F)nc(N[C@H]2CCNC2)n1. The lowest BCUT2D eigenvalue weighted by atomic mass is 10.1. The number of carbonyl (C=O) groups excluding carboxylic acids is 1. The van der Waals surface area contributed by atoms with Crippen molar-refractivity contribution in [1.29, 1.82) is 0 Å². The van der Waals surface area contributed by atoms with Crippen LogP contribution in [-0.4, -0.2) is 53.6 Å². The fourth-order valence-corrected chi connectivity index (χ4v) is 3.41. The van der Waals surface area contributed by atoms with Crippen molar-refractivity contribution in [2.45, 2.75) is 32.5 Å². The highest BCUT2D eigenvalue weighted by molar-refractivity contribution is 5.94. The smallest absolute Gasteiger partial charge is 0.366 e. The average molecular weight is 452 g/mol. The van der Waals surface area contributed by atoms with Gasteiger partial charge in [-0.1, -0.05) is 13.8 Å². The predicted molar refractivity (Wildman–Crippen MR) is 116 cm³/mol. The summed E-state index contributed by atoms with van der Waals surface area (Å²) >= 11 is 0. The minimum absolute atomic E-state index is 0.0675. The number of primary amides is 1. The molecule has 1 atom stereocenters. The molecular weight excluding hydrogens is 425 g/mol. The molecule has 3 rings (SSSR count). The molecule has 1 fully saturated rings. The number of aromatic nitrogens is 3. The van der Waals surface area contributed by atoms with E-state index in [-0.39, 0.29) is 29.2 Å². The lowest BCUT2D eigenvalue weighted by Gasteiger charge is -2.21. The van der Waals surface area contributed by atoms with Crippen molar-refractivity contribution in [2.24, 2.45) is 11.7 Å². The van der Waals surface area contributed by atoms with Crippen molar-refractivity contribution in [3.05, 3.63) is 29.3 Å². The summed E-state index contributed by atoms with van der Waals surface area (Å²) in [6.07, 6.45) is -3.79. The Morgan fingerprint density at radius 1 is 1.28 bits per heavy atom. The van der Waals surface area contributed by atoms with Crippen molar-refractivity contribution in [2.75, 3.05) is 42.2 Å². The molecular formula is C20H27F3N8O. The van der Waals surface area contributed by atoms with Gasteiger partial charge in [-0.3, -0.25) is 4.79 Å². The first-order chi connectivity index (χ1) is 15.0. The highest BCUT2D eigenvalue weighted by atomic mass is 19.4. The number of alkyl halides is 3. The van der Waals surface area contributed by atoms with E-state index in [1.54, 1.807) is 11.9 Å². The van der Waals surface area contributed by atoms with Gasteiger partial charge < -0.3 is 26.6 Å². The summed E-state index contributed by atoms with van der Waals surface area (Å²) in [5.41, 5.74) is 3.85. The Hall–Kier alpha value is -3.15. The molecule has 0 radical (unpaired) electrons. The Bertz CT molecular complexity index is 960. The van der Waals surface area contributed by atoms with Crippen molar-refractivity contribution in [3.63, 3.8) is 0 Å². The number of nitrogens with one attached hydrogen (secondary N) is 3. The Morgan fingerprint density at radius 2 is 2.00 bits per heavy atom. The number of anilines is 4. The number of nitrogens with two attached hydrogens (primary N) is 1. The molecule has 0 saturated carbocycles. The Kier molecular flexibility index (Phi) is 7.02. The largest absolute Gasteiger partial charge is 0.418 e. The van der Waals surface area contributed by atoms with Gasteiger partial charge in [-0.2, -0.15) is 28.1 Å². The minimum atomic E-state index is -4.65. The van der Waals surface area contributed by atoms with Crippen LogP contribution in [0.2, 0.25) is 0 Å². The molecule has 1 saturated heterocycles. The summed E-state index contributed by atoms with van der Waals surface area (Å²) in [5, 5.41) is 9.04. The zero-order valence-corrected chi connectivity index (χ0v) is 18.1. The van der Waals surface area contributed by atoms with Gasteiger partial charge >= 0.3 is 6.18 Å². The van der Waals surface area contributed by atoms with E-state index in [1.807, 2.05) is 13.8 Å². The molecule has 174 valence electrons. The Labute approximate surface area is 184 Å². The second-order valence-corrected chi connectivity index (χ2v) is 8.14. The second kappa shape index (κ2) is 9.55. The number of rotatable bonds is 8. The number of halogens is 3. The summed E-state index contributed by atoms with van der Waals surface area (Å²) < 4.78 is 40.6. The lowest BCUT2D eigenvalue weighted by molar-refractivity contribution is -0.136. The number of hydrogen-bond donors (Lipinski definition) is 4. The highest BCUT2D eigenvalue weighted by Gasteiger charge is 2.34. The number of nitrogens with zero attached hydrogens (tertiary/aromatic N) is 4. The zero-order valence-electron chi connectivity index (χ0n) is 18.1. The topological polar surface area (TPSA) is 121 Å². The molecule has 32 heavy (non-hydrogen) atoms.